The third-order valence-electron chi connectivity index (χ3n) is 2.87. The van der Waals surface area contributed by atoms with Gasteiger partial charge in [-0.25, -0.2) is 0 Å². The van der Waals surface area contributed by atoms with E-state index in [0.717, 1.165) is 16.9 Å². The van der Waals surface area contributed by atoms with Gasteiger partial charge in [0.2, 0.25) is 0 Å². The van der Waals surface area contributed by atoms with Crippen molar-refractivity contribution in [1.82, 2.24) is 0 Å². The quantitative estimate of drug-likeness (QED) is 0.801. The number of carbonyl (C=O) groups excluding carboxylic acids is 1. The Morgan fingerprint density at radius 2 is 2.05 bits per heavy atom. The number of thiophene rings is 1. The molecule has 2 aromatic rings. The van der Waals surface area contributed by atoms with Gasteiger partial charge in [0.15, 0.2) is 0 Å². The van der Waals surface area contributed by atoms with E-state index >= 15 is 0 Å². The summed E-state index contributed by atoms with van der Waals surface area (Å²) in [4.78, 5) is 11.7. The number of amides is 1. The van der Waals surface area contributed by atoms with Crippen LogP contribution in [0.2, 0.25) is 0 Å². The number of nitriles is 1. The van der Waals surface area contributed by atoms with E-state index in [9.17, 15) is 4.79 Å². The number of rotatable bonds is 4. The van der Waals surface area contributed by atoms with Gasteiger partial charge in [0, 0.05) is 6.54 Å². The van der Waals surface area contributed by atoms with Crippen molar-refractivity contribution in [2.75, 3.05) is 11.1 Å². The van der Waals surface area contributed by atoms with Gasteiger partial charge in [-0.1, -0.05) is 29.8 Å². The zero-order valence-corrected chi connectivity index (χ0v) is 11.8. The third kappa shape index (κ3) is 2.73. The van der Waals surface area contributed by atoms with Crippen LogP contribution in [-0.2, 0) is 6.54 Å². The fourth-order valence-electron chi connectivity index (χ4n) is 1.78. The van der Waals surface area contributed by atoms with Crippen molar-refractivity contribution >= 4 is 27.9 Å². The third-order valence-corrected chi connectivity index (χ3v) is 3.93. The molecule has 0 atom stereocenters. The van der Waals surface area contributed by atoms with Gasteiger partial charge >= 0.3 is 0 Å². The number of primary amides is 1. The van der Waals surface area contributed by atoms with Crippen molar-refractivity contribution in [3.63, 3.8) is 0 Å². The van der Waals surface area contributed by atoms with Gasteiger partial charge in [-0.15, -0.1) is 11.3 Å². The SMILES string of the molecule is Cc1ccc(CNc2sc(C#N)c(N)c2C(N)=O)cc1. The van der Waals surface area contributed by atoms with E-state index in [1.165, 1.54) is 5.56 Å². The van der Waals surface area contributed by atoms with E-state index in [4.69, 9.17) is 16.7 Å². The number of nitrogen functional groups attached to an aromatic ring is 1. The second-order valence-corrected chi connectivity index (χ2v) is 5.38. The molecule has 0 saturated heterocycles. The number of nitrogens with zero attached hydrogens (tertiary/aromatic N) is 1. The molecular weight excluding hydrogens is 272 g/mol. The van der Waals surface area contributed by atoms with Crippen LogP contribution >= 0.6 is 11.3 Å². The minimum atomic E-state index is -0.633. The number of nitrogens with two attached hydrogens (primary N) is 2. The number of anilines is 2. The molecule has 1 amide bonds. The minimum Gasteiger partial charge on any atom is -0.396 e. The summed E-state index contributed by atoms with van der Waals surface area (Å²) in [5.41, 5.74) is 13.7. The highest BCUT2D eigenvalue weighted by molar-refractivity contribution is 7.17. The zero-order valence-electron chi connectivity index (χ0n) is 10.9. The molecule has 0 radical (unpaired) electrons. The van der Waals surface area contributed by atoms with Crippen molar-refractivity contribution in [2.45, 2.75) is 13.5 Å². The van der Waals surface area contributed by atoms with Crippen molar-refractivity contribution in [1.29, 1.82) is 5.26 Å². The Kier molecular flexibility index (Phi) is 3.91. The van der Waals surface area contributed by atoms with E-state index in [1.807, 2.05) is 37.3 Å². The van der Waals surface area contributed by atoms with Gasteiger partial charge in [0.1, 0.15) is 15.9 Å². The van der Waals surface area contributed by atoms with E-state index in [-0.39, 0.29) is 11.3 Å². The number of aryl methyl sites for hydroxylation is 1. The van der Waals surface area contributed by atoms with Crippen LogP contribution in [0.5, 0.6) is 0 Å². The Hall–Kier alpha value is -2.52. The van der Waals surface area contributed by atoms with Crippen molar-refractivity contribution < 1.29 is 4.79 Å². The van der Waals surface area contributed by atoms with Gasteiger partial charge < -0.3 is 16.8 Å². The lowest BCUT2D eigenvalue weighted by Gasteiger charge is -2.06. The number of benzene rings is 1. The van der Waals surface area contributed by atoms with Crippen LogP contribution in [0.1, 0.15) is 26.4 Å². The largest absolute Gasteiger partial charge is 0.396 e. The zero-order chi connectivity index (χ0) is 14.7. The summed E-state index contributed by atoms with van der Waals surface area (Å²) in [7, 11) is 0. The molecule has 1 heterocycles. The molecule has 5 nitrogen and oxygen atoms in total. The molecule has 6 heteroatoms. The summed E-state index contributed by atoms with van der Waals surface area (Å²) in [6, 6.07) is 9.97. The molecule has 102 valence electrons. The van der Waals surface area contributed by atoms with Gasteiger partial charge in [0.05, 0.1) is 11.3 Å². The molecule has 5 N–H and O–H groups in total. The summed E-state index contributed by atoms with van der Waals surface area (Å²) in [5, 5.41) is 12.6. The first kappa shape index (κ1) is 13.9. The lowest BCUT2D eigenvalue weighted by molar-refractivity contribution is 0.100. The molecule has 2 rings (SSSR count). The minimum absolute atomic E-state index is 0.149. The number of carbonyl (C=O) groups is 1. The topological polar surface area (TPSA) is 105 Å². The Bertz CT molecular complexity index is 682. The predicted octanol–water partition coefficient (Wildman–Crippen LogP) is 2.22. The summed E-state index contributed by atoms with van der Waals surface area (Å²) in [6.45, 7) is 2.55. The molecule has 0 saturated carbocycles. The highest BCUT2D eigenvalue weighted by Gasteiger charge is 2.19. The first-order valence-electron chi connectivity index (χ1n) is 5.94. The fraction of sp³-hybridized carbons (Fsp3) is 0.143. The smallest absolute Gasteiger partial charge is 0.253 e. The predicted molar refractivity (Wildman–Crippen MR) is 80.5 cm³/mol. The van der Waals surface area contributed by atoms with Gasteiger partial charge in [-0.2, -0.15) is 5.26 Å². The molecule has 0 aliphatic heterocycles. The molecule has 0 spiro atoms. The van der Waals surface area contributed by atoms with Crippen LogP contribution in [0.4, 0.5) is 10.7 Å². The Balaban J connectivity index is 2.23. The van der Waals surface area contributed by atoms with E-state index in [1.54, 1.807) is 0 Å². The van der Waals surface area contributed by atoms with E-state index < -0.39 is 5.91 Å². The Labute approximate surface area is 120 Å². The monoisotopic (exact) mass is 286 g/mol. The highest BCUT2D eigenvalue weighted by atomic mass is 32.1. The Morgan fingerprint density at radius 1 is 1.40 bits per heavy atom. The summed E-state index contributed by atoms with van der Waals surface area (Å²) < 4.78 is 0. The van der Waals surface area contributed by atoms with Crippen LogP contribution in [0.25, 0.3) is 0 Å². The second kappa shape index (κ2) is 5.63. The number of hydrogen-bond acceptors (Lipinski definition) is 5. The maximum absolute atomic E-state index is 11.4. The summed E-state index contributed by atoms with van der Waals surface area (Å²) >= 11 is 1.14. The standard InChI is InChI=1S/C14H14N4OS/c1-8-2-4-9(5-3-8)7-18-14-11(13(17)19)12(16)10(6-15)20-14/h2-5,18H,7,16H2,1H3,(H2,17,19). The summed E-state index contributed by atoms with van der Waals surface area (Å²) in [5.74, 6) is -0.633. The van der Waals surface area contributed by atoms with Gasteiger partial charge in [-0.3, -0.25) is 4.79 Å². The highest BCUT2D eigenvalue weighted by Crippen LogP contribution is 2.35. The molecular formula is C14H14N4OS. The molecule has 1 aromatic carbocycles. The average molecular weight is 286 g/mol. The van der Waals surface area contributed by atoms with Crippen molar-refractivity contribution in [3.05, 3.63) is 45.8 Å². The molecule has 0 unspecified atom stereocenters. The van der Waals surface area contributed by atoms with E-state index in [0.29, 0.717) is 16.4 Å². The number of nitrogens with one attached hydrogen (secondary N) is 1. The van der Waals surface area contributed by atoms with Crippen LogP contribution in [-0.4, -0.2) is 5.91 Å². The van der Waals surface area contributed by atoms with Gasteiger partial charge in [0.25, 0.3) is 5.91 Å². The first-order chi connectivity index (χ1) is 9.52. The normalized spacial score (nSPS) is 10.0. The number of hydrogen-bond donors (Lipinski definition) is 3. The Morgan fingerprint density at radius 3 is 2.60 bits per heavy atom. The maximum Gasteiger partial charge on any atom is 0.253 e. The average Bonchev–Trinajstić information content (AvgIpc) is 2.74. The van der Waals surface area contributed by atoms with Crippen molar-refractivity contribution in [3.8, 4) is 6.07 Å². The van der Waals surface area contributed by atoms with Crippen LogP contribution in [0, 0.1) is 18.3 Å². The summed E-state index contributed by atoms with van der Waals surface area (Å²) in [6.07, 6.45) is 0. The van der Waals surface area contributed by atoms with Crippen molar-refractivity contribution in [2.24, 2.45) is 5.73 Å². The van der Waals surface area contributed by atoms with Crippen LogP contribution in [0.3, 0.4) is 0 Å². The first-order valence-corrected chi connectivity index (χ1v) is 6.76. The maximum atomic E-state index is 11.4. The molecule has 0 fully saturated rings. The van der Waals surface area contributed by atoms with Crippen LogP contribution in [0.15, 0.2) is 24.3 Å². The molecule has 0 aliphatic carbocycles. The fourth-order valence-corrected chi connectivity index (χ4v) is 2.70. The molecule has 0 bridgehead atoms. The van der Waals surface area contributed by atoms with Gasteiger partial charge in [-0.05, 0) is 12.5 Å². The molecule has 20 heavy (non-hydrogen) atoms. The van der Waals surface area contributed by atoms with E-state index in [2.05, 4.69) is 5.32 Å². The lowest BCUT2D eigenvalue weighted by atomic mass is 10.1. The lowest BCUT2D eigenvalue weighted by Crippen LogP contribution is -2.14. The molecule has 0 aliphatic rings. The molecule has 1 aromatic heterocycles. The second-order valence-electron chi connectivity index (χ2n) is 4.36. The van der Waals surface area contributed by atoms with Crippen LogP contribution < -0.4 is 16.8 Å².